The molecule has 5 rings (SSSR count). The van der Waals surface area contributed by atoms with Crippen LogP contribution in [0.1, 0.15) is 23.5 Å². The van der Waals surface area contributed by atoms with E-state index in [1.807, 2.05) is 35.7 Å². The molecule has 0 bridgehead atoms. The van der Waals surface area contributed by atoms with Gasteiger partial charge in [-0.3, -0.25) is 14.3 Å². The summed E-state index contributed by atoms with van der Waals surface area (Å²) in [5, 5.41) is 14.1. The van der Waals surface area contributed by atoms with Crippen LogP contribution in [-0.2, 0) is 24.4 Å². The largest absolute Gasteiger partial charge is 0.377 e. The molecule has 8 heteroatoms. The molecule has 1 aliphatic heterocycles. The summed E-state index contributed by atoms with van der Waals surface area (Å²) in [5.74, 6) is 0.630. The Morgan fingerprint density at radius 3 is 2.79 bits per heavy atom. The van der Waals surface area contributed by atoms with Crippen molar-refractivity contribution in [3.8, 4) is 17.2 Å². The van der Waals surface area contributed by atoms with E-state index in [9.17, 15) is 10.1 Å². The summed E-state index contributed by atoms with van der Waals surface area (Å²) in [7, 11) is 0. The zero-order chi connectivity index (χ0) is 22.6. The predicted octanol–water partition coefficient (Wildman–Crippen LogP) is 4.89. The van der Waals surface area contributed by atoms with Crippen LogP contribution in [0.5, 0.6) is 0 Å². The minimum atomic E-state index is -0.148. The summed E-state index contributed by atoms with van der Waals surface area (Å²) in [5.41, 5.74) is 1.71. The number of hydrogen-bond acceptors (Lipinski definition) is 7. The lowest BCUT2D eigenvalue weighted by molar-refractivity contribution is 0.0669. The topological polar surface area (TPSA) is 71.2 Å². The number of nitrogens with zero attached hydrogens (tertiary/aromatic N) is 4. The number of benzene rings is 1. The van der Waals surface area contributed by atoms with Gasteiger partial charge in [-0.05, 0) is 29.9 Å². The second kappa shape index (κ2) is 9.98. The third-order valence-corrected chi connectivity index (χ3v) is 7.63. The summed E-state index contributed by atoms with van der Waals surface area (Å²) in [6.45, 7) is 2.81. The highest BCUT2D eigenvalue weighted by atomic mass is 32.1. The Bertz CT molecular complexity index is 1320. The van der Waals surface area contributed by atoms with Crippen molar-refractivity contribution in [1.29, 1.82) is 5.26 Å². The third-order valence-electron chi connectivity index (χ3n) is 5.90. The molecular formula is C25H24N4O2S2. The molecule has 168 valence electrons. The lowest BCUT2D eigenvalue weighted by atomic mass is 10.1. The van der Waals surface area contributed by atoms with Gasteiger partial charge in [0.15, 0.2) is 0 Å². The van der Waals surface area contributed by atoms with E-state index in [1.54, 1.807) is 15.9 Å². The van der Waals surface area contributed by atoms with E-state index in [4.69, 9.17) is 9.72 Å². The summed E-state index contributed by atoms with van der Waals surface area (Å²) < 4.78 is 7.43. The summed E-state index contributed by atoms with van der Waals surface area (Å²) in [6.07, 6.45) is 2.32. The Balaban J connectivity index is 1.53. The third kappa shape index (κ3) is 4.77. The number of ether oxygens (including phenoxy) is 1. The van der Waals surface area contributed by atoms with Crippen molar-refractivity contribution in [2.24, 2.45) is 0 Å². The summed E-state index contributed by atoms with van der Waals surface area (Å²) in [6, 6.07) is 16.2. The van der Waals surface area contributed by atoms with Gasteiger partial charge in [0.1, 0.15) is 17.2 Å². The Labute approximate surface area is 200 Å². The molecule has 1 aliphatic rings. The predicted molar refractivity (Wildman–Crippen MR) is 132 cm³/mol. The van der Waals surface area contributed by atoms with Gasteiger partial charge in [0.05, 0.1) is 24.1 Å². The number of fused-ring (bicyclic) bond motifs is 1. The first-order valence-electron chi connectivity index (χ1n) is 11.0. The molecule has 6 nitrogen and oxygen atoms in total. The van der Waals surface area contributed by atoms with E-state index in [0.717, 1.165) is 48.5 Å². The molecule has 1 atom stereocenters. The molecule has 0 N–H and O–H groups in total. The normalized spacial score (nSPS) is 15.9. The first kappa shape index (κ1) is 22.0. The Hall–Kier alpha value is -2.83. The van der Waals surface area contributed by atoms with Gasteiger partial charge in [-0.2, -0.15) is 5.26 Å². The van der Waals surface area contributed by atoms with Crippen LogP contribution in [0, 0.1) is 11.3 Å². The maximum absolute atomic E-state index is 13.6. The minimum absolute atomic E-state index is 0.0199. The molecule has 4 aromatic rings. The average molecular weight is 477 g/mol. The van der Waals surface area contributed by atoms with Crippen LogP contribution in [0.4, 0.5) is 0 Å². The van der Waals surface area contributed by atoms with Crippen LogP contribution in [0.25, 0.3) is 21.3 Å². The fourth-order valence-corrected chi connectivity index (χ4v) is 6.04. The molecule has 1 unspecified atom stereocenters. The number of hydrogen-bond donors (Lipinski definition) is 0. The van der Waals surface area contributed by atoms with Crippen LogP contribution in [0.2, 0.25) is 0 Å². The smallest absolute Gasteiger partial charge is 0.263 e. The molecule has 1 fully saturated rings. The van der Waals surface area contributed by atoms with E-state index >= 15 is 0 Å². The number of aromatic nitrogens is 2. The highest BCUT2D eigenvalue weighted by molar-refractivity contribution is 7.17. The molecule has 0 radical (unpaired) electrons. The zero-order valence-electron chi connectivity index (χ0n) is 18.1. The first-order valence-corrected chi connectivity index (χ1v) is 12.8. The van der Waals surface area contributed by atoms with Gasteiger partial charge in [0.25, 0.3) is 5.56 Å². The van der Waals surface area contributed by atoms with Gasteiger partial charge in [0.2, 0.25) is 0 Å². The Kier molecular flexibility index (Phi) is 6.65. The van der Waals surface area contributed by atoms with Gasteiger partial charge in [-0.15, -0.1) is 22.7 Å². The number of thiophene rings is 2. The second-order valence-corrected chi connectivity index (χ2v) is 10.0. The molecule has 3 aromatic heterocycles. The van der Waals surface area contributed by atoms with Crippen LogP contribution in [0.15, 0.2) is 58.0 Å². The van der Waals surface area contributed by atoms with E-state index in [2.05, 4.69) is 28.5 Å². The average Bonchev–Trinajstić information content (AvgIpc) is 3.59. The second-order valence-electron chi connectivity index (χ2n) is 8.16. The van der Waals surface area contributed by atoms with Gasteiger partial charge in [0, 0.05) is 35.5 Å². The van der Waals surface area contributed by atoms with E-state index in [0.29, 0.717) is 17.8 Å². The molecule has 1 aromatic carbocycles. The van der Waals surface area contributed by atoms with Gasteiger partial charge in [-0.1, -0.05) is 36.4 Å². The Morgan fingerprint density at radius 2 is 2.06 bits per heavy atom. The maximum atomic E-state index is 13.6. The lowest BCUT2D eigenvalue weighted by Crippen LogP contribution is -2.35. The van der Waals surface area contributed by atoms with E-state index in [1.165, 1.54) is 16.2 Å². The number of nitriles is 1. The standard InChI is InChI=1S/C25H24N4O2S2/c26-10-11-29-22(16-28(14-19-8-4-12-31-19)15-20-9-5-13-32-20)27-24-23(25(29)30)21(17-33-24)18-6-2-1-3-7-18/h1-3,5-7,9,13,17,19H,4,8,11-12,14-16H2. The fraction of sp³-hybridized carbons (Fsp3) is 0.320. The lowest BCUT2D eigenvalue weighted by Gasteiger charge is -2.25. The monoisotopic (exact) mass is 476 g/mol. The van der Waals surface area contributed by atoms with Crippen molar-refractivity contribution >= 4 is 32.9 Å². The van der Waals surface area contributed by atoms with E-state index < -0.39 is 0 Å². The highest BCUT2D eigenvalue weighted by Crippen LogP contribution is 2.31. The Morgan fingerprint density at radius 1 is 1.18 bits per heavy atom. The van der Waals surface area contributed by atoms with Crippen LogP contribution in [0.3, 0.4) is 0 Å². The van der Waals surface area contributed by atoms with Gasteiger partial charge < -0.3 is 4.74 Å². The van der Waals surface area contributed by atoms with Crippen molar-refractivity contribution in [3.05, 3.63) is 74.3 Å². The summed E-state index contributed by atoms with van der Waals surface area (Å²) in [4.78, 5) is 22.7. The van der Waals surface area contributed by atoms with Gasteiger partial charge >= 0.3 is 0 Å². The molecule has 0 spiro atoms. The highest BCUT2D eigenvalue weighted by Gasteiger charge is 2.23. The SMILES string of the molecule is N#CCn1c(CN(Cc2cccs2)CC2CCCO2)nc2scc(-c3ccccc3)c2c1=O. The quantitative estimate of drug-likeness (QED) is 0.362. The molecule has 33 heavy (non-hydrogen) atoms. The van der Waals surface area contributed by atoms with Crippen LogP contribution < -0.4 is 5.56 Å². The zero-order valence-corrected chi connectivity index (χ0v) is 19.8. The number of rotatable bonds is 8. The van der Waals surface area contributed by atoms with Crippen molar-refractivity contribution < 1.29 is 4.74 Å². The molecule has 0 saturated carbocycles. The molecule has 1 saturated heterocycles. The van der Waals surface area contributed by atoms with Crippen LogP contribution in [-0.4, -0.2) is 33.7 Å². The van der Waals surface area contributed by atoms with Crippen molar-refractivity contribution in [1.82, 2.24) is 14.5 Å². The molecule has 0 amide bonds. The molecule has 4 heterocycles. The van der Waals surface area contributed by atoms with Crippen molar-refractivity contribution in [2.75, 3.05) is 13.2 Å². The van der Waals surface area contributed by atoms with E-state index in [-0.39, 0.29) is 18.2 Å². The first-order chi connectivity index (χ1) is 16.2. The molecular weight excluding hydrogens is 452 g/mol. The van der Waals surface area contributed by atoms with Crippen molar-refractivity contribution in [2.45, 2.75) is 38.6 Å². The minimum Gasteiger partial charge on any atom is -0.377 e. The van der Waals surface area contributed by atoms with Crippen LogP contribution >= 0.6 is 22.7 Å². The summed E-state index contributed by atoms with van der Waals surface area (Å²) >= 11 is 3.20. The van der Waals surface area contributed by atoms with Gasteiger partial charge in [-0.25, -0.2) is 4.98 Å². The van der Waals surface area contributed by atoms with Crippen molar-refractivity contribution in [3.63, 3.8) is 0 Å². The fourth-order valence-electron chi connectivity index (χ4n) is 4.34. The maximum Gasteiger partial charge on any atom is 0.263 e. The molecule has 0 aliphatic carbocycles.